The SMILES string of the molecule is Cc1ncc(Nc2nc(N[C@@H]3CC[C@@H](O)C[C@@H]3NC(=O)OC(C)(C)C)c(F)cc2C#N)cc1-n1nccn1. The van der Waals surface area contributed by atoms with Crippen LogP contribution in [-0.2, 0) is 4.74 Å². The Hall–Kier alpha value is -4.31. The molecule has 1 saturated carbocycles. The van der Waals surface area contributed by atoms with Crippen LogP contribution >= 0.6 is 0 Å². The minimum absolute atomic E-state index is 0.00474. The van der Waals surface area contributed by atoms with Gasteiger partial charge in [-0.3, -0.25) is 4.98 Å². The zero-order valence-corrected chi connectivity index (χ0v) is 21.6. The zero-order valence-electron chi connectivity index (χ0n) is 21.6. The number of aliphatic hydroxyl groups is 1. The van der Waals surface area contributed by atoms with Crippen LogP contribution in [0.2, 0.25) is 0 Å². The van der Waals surface area contributed by atoms with Gasteiger partial charge in [0, 0.05) is 6.04 Å². The van der Waals surface area contributed by atoms with Gasteiger partial charge in [0.2, 0.25) is 0 Å². The number of carbonyl (C=O) groups excluding carboxylic acids is 1. The van der Waals surface area contributed by atoms with E-state index in [2.05, 4.69) is 36.1 Å². The fourth-order valence-electron chi connectivity index (χ4n) is 4.15. The highest BCUT2D eigenvalue weighted by molar-refractivity contribution is 5.69. The van der Waals surface area contributed by atoms with Crippen molar-refractivity contribution < 1.29 is 19.0 Å². The number of amides is 1. The number of nitrogens with zero attached hydrogens (tertiary/aromatic N) is 6. The van der Waals surface area contributed by atoms with Gasteiger partial charge in [0.05, 0.1) is 47.7 Å². The summed E-state index contributed by atoms with van der Waals surface area (Å²) in [5.74, 6) is -0.704. The van der Waals surface area contributed by atoms with E-state index in [0.29, 0.717) is 29.9 Å². The smallest absolute Gasteiger partial charge is 0.407 e. The first-order chi connectivity index (χ1) is 18.0. The van der Waals surface area contributed by atoms with Crippen LogP contribution < -0.4 is 16.0 Å². The Morgan fingerprint density at radius 3 is 2.63 bits per heavy atom. The number of hydrogen-bond donors (Lipinski definition) is 4. The Bertz CT molecular complexity index is 1340. The van der Waals surface area contributed by atoms with Crippen LogP contribution in [0.4, 0.5) is 26.5 Å². The fourth-order valence-corrected chi connectivity index (χ4v) is 4.15. The van der Waals surface area contributed by atoms with Gasteiger partial charge in [-0.1, -0.05) is 0 Å². The molecule has 1 amide bonds. The molecule has 3 heterocycles. The molecule has 13 heteroatoms. The topological polar surface area (TPSA) is 163 Å². The molecule has 0 aliphatic heterocycles. The van der Waals surface area contributed by atoms with E-state index >= 15 is 4.39 Å². The molecular weight excluding hydrogens is 493 g/mol. The number of aryl methyl sites for hydroxylation is 1. The van der Waals surface area contributed by atoms with Gasteiger partial charge in [-0.2, -0.15) is 15.5 Å². The summed E-state index contributed by atoms with van der Waals surface area (Å²) in [6, 6.07) is 3.81. The predicted octanol–water partition coefficient (Wildman–Crippen LogP) is 3.34. The number of nitriles is 1. The highest BCUT2D eigenvalue weighted by Gasteiger charge is 2.33. The number of aromatic nitrogens is 5. The molecule has 0 saturated heterocycles. The quantitative estimate of drug-likeness (QED) is 0.377. The molecule has 0 radical (unpaired) electrons. The summed E-state index contributed by atoms with van der Waals surface area (Å²) in [4.78, 5) is 22.5. The van der Waals surface area contributed by atoms with Crippen molar-refractivity contribution in [3.8, 4) is 11.8 Å². The summed E-state index contributed by atoms with van der Waals surface area (Å²) in [5, 5.41) is 36.9. The molecule has 0 aromatic carbocycles. The van der Waals surface area contributed by atoms with Crippen LogP contribution in [0, 0.1) is 24.1 Å². The number of aliphatic hydroxyl groups excluding tert-OH is 1. The van der Waals surface area contributed by atoms with Gasteiger partial charge in [0.25, 0.3) is 0 Å². The second kappa shape index (κ2) is 11.0. The molecule has 0 unspecified atom stereocenters. The van der Waals surface area contributed by atoms with E-state index in [9.17, 15) is 15.2 Å². The Labute approximate surface area is 219 Å². The molecule has 4 rings (SSSR count). The Morgan fingerprint density at radius 2 is 1.95 bits per heavy atom. The van der Waals surface area contributed by atoms with Crippen molar-refractivity contribution in [1.82, 2.24) is 30.3 Å². The van der Waals surface area contributed by atoms with E-state index in [1.54, 1.807) is 45.4 Å². The number of nitrogens with one attached hydrogen (secondary N) is 3. The van der Waals surface area contributed by atoms with Crippen LogP contribution in [0.5, 0.6) is 0 Å². The maximum atomic E-state index is 15.0. The van der Waals surface area contributed by atoms with Crippen molar-refractivity contribution in [2.75, 3.05) is 10.6 Å². The van der Waals surface area contributed by atoms with Crippen LogP contribution in [0.25, 0.3) is 5.69 Å². The first kappa shape index (κ1) is 26.7. The molecule has 12 nitrogen and oxygen atoms in total. The zero-order chi connectivity index (χ0) is 27.4. The predicted molar refractivity (Wildman–Crippen MR) is 137 cm³/mol. The summed E-state index contributed by atoms with van der Waals surface area (Å²) >= 11 is 0. The summed E-state index contributed by atoms with van der Waals surface area (Å²) in [7, 11) is 0. The molecule has 38 heavy (non-hydrogen) atoms. The number of halogens is 1. The van der Waals surface area contributed by atoms with Crippen molar-refractivity contribution in [3.05, 3.63) is 47.8 Å². The minimum atomic E-state index is -0.724. The molecule has 0 bridgehead atoms. The lowest BCUT2D eigenvalue weighted by Crippen LogP contribution is -2.52. The molecular formula is C25H30FN9O3. The van der Waals surface area contributed by atoms with Crippen molar-refractivity contribution in [3.63, 3.8) is 0 Å². The van der Waals surface area contributed by atoms with Crippen molar-refractivity contribution in [1.29, 1.82) is 5.26 Å². The van der Waals surface area contributed by atoms with E-state index in [1.807, 2.05) is 13.0 Å². The van der Waals surface area contributed by atoms with Gasteiger partial charge in [-0.25, -0.2) is 14.2 Å². The van der Waals surface area contributed by atoms with Crippen LogP contribution in [0.1, 0.15) is 51.3 Å². The third-order valence-corrected chi connectivity index (χ3v) is 5.90. The van der Waals surface area contributed by atoms with Gasteiger partial charge in [-0.15, -0.1) is 4.80 Å². The highest BCUT2D eigenvalue weighted by Crippen LogP contribution is 2.28. The summed E-state index contributed by atoms with van der Waals surface area (Å²) < 4.78 is 20.4. The number of ether oxygens (including phenoxy) is 1. The lowest BCUT2D eigenvalue weighted by atomic mass is 9.88. The fraction of sp³-hybridized carbons (Fsp3) is 0.440. The largest absolute Gasteiger partial charge is 0.444 e. The van der Waals surface area contributed by atoms with Crippen molar-refractivity contribution in [2.45, 2.75) is 70.7 Å². The van der Waals surface area contributed by atoms with Crippen LogP contribution in [0.3, 0.4) is 0 Å². The van der Waals surface area contributed by atoms with Gasteiger partial charge in [0.15, 0.2) is 17.5 Å². The molecule has 3 aromatic heterocycles. The summed E-state index contributed by atoms with van der Waals surface area (Å²) in [6.45, 7) is 7.06. The molecule has 4 N–H and O–H groups in total. The van der Waals surface area contributed by atoms with Crippen molar-refractivity contribution in [2.24, 2.45) is 0 Å². The average molecular weight is 524 g/mol. The van der Waals surface area contributed by atoms with E-state index in [4.69, 9.17) is 4.74 Å². The lowest BCUT2D eigenvalue weighted by Gasteiger charge is -2.36. The normalized spacial score (nSPS) is 19.3. The number of alkyl carbamates (subject to hydrolysis) is 1. The van der Waals surface area contributed by atoms with E-state index in [0.717, 1.165) is 6.07 Å². The summed E-state index contributed by atoms with van der Waals surface area (Å²) in [5.41, 5.74) is 1.10. The third kappa shape index (κ3) is 6.51. The Balaban J connectivity index is 1.58. The molecule has 1 aliphatic carbocycles. The molecule has 0 spiro atoms. The second-order valence-corrected chi connectivity index (χ2v) is 10.1. The highest BCUT2D eigenvalue weighted by atomic mass is 19.1. The molecule has 200 valence electrons. The van der Waals surface area contributed by atoms with Gasteiger partial charge in [-0.05, 0) is 59.1 Å². The third-order valence-electron chi connectivity index (χ3n) is 5.90. The lowest BCUT2D eigenvalue weighted by molar-refractivity contribution is 0.0439. The Morgan fingerprint density at radius 1 is 1.21 bits per heavy atom. The monoisotopic (exact) mass is 523 g/mol. The van der Waals surface area contributed by atoms with Gasteiger partial charge < -0.3 is 25.8 Å². The first-order valence-electron chi connectivity index (χ1n) is 12.2. The van der Waals surface area contributed by atoms with Crippen LogP contribution in [-0.4, -0.2) is 60.0 Å². The van der Waals surface area contributed by atoms with Crippen molar-refractivity contribution >= 4 is 23.4 Å². The standard InChI is InChI=1S/C25H30FN9O3/c1-14-21(35-29-7-8-30-35)10-16(13-28-14)31-22-15(12-27)9-18(26)23(34-22)32-19-6-5-17(36)11-20(19)33-24(37)38-25(2,3)4/h7-10,13,17,19-20,36H,5-6,11H2,1-4H3,(H,33,37)(H2,31,32,34)/t17-,19-,20+/m1/s1. The van der Waals surface area contributed by atoms with Crippen LogP contribution in [0.15, 0.2) is 30.7 Å². The number of hydrogen-bond acceptors (Lipinski definition) is 10. The average Bonchev–Trinajstić information content (AvgIpc) is 3.37. The number of pyridine rings is 2. The minimum Gasteiger partial charge on any atom is -0.444 e. The van der Waals surface area contributed by atoms with Gasteiger partial charge >= 0.3 is 6.09 Å². The molecule has 1 fully saturated rings. The van der Waals surface area contributed by atoms with Gasteiger partial charge in [0.1, 0.15) is 17.4 Å². The van der Waals surface area contributed by atoms with E-state index in [-0.39, 0.29) is 23.6 Å². The summed E-state index contributed by atoms with van der Waals surface area (Å²) in [6.07, 6.45) is 4.58. The van der Waals surface area contributed by atoms with E-state index < -0.39 is 35.7 Å². The molecule has 1 aliphatic rings. The number of rotatable bonds is 6. The number of carbonyl (C=O) groups is 1. The van der Waals surface area contributed by atoms with E-state index in [1.165, 1.54) is 4.80 Å². The Kier molecular flexibility index (Phi) is 7.72. The maximum Gasteiger partial charge on any atom is 0.407 e. The second-order valence-electron chi connectivity index (χ2n) is 10.1. The number of anilines is 3. The molecule has 3 aromatic rings. The first-order valence-corrected chi connectivity index (χ1v) is 12.2. The molecule has 3 atom stereocenters. The maximum absolute atomic E-state index is 15.0.